The number of nitrogens with zero attached hydrogens (tertiary/aromatic N) is 4. The second-order valence-corrected chi connectivity index (χ2v) is 8.65. The smallest absolute Gasteiger partial charge is 0.257 e. The van der Waals surface area contributed by atoms with Crippen molar-refractivity contribution in [1.82, 2.24) is 19.7 Å². The normalized spacial score (nSPS) is 19.3. The van der Waals surface area contributed by atoms with Crippen LogP contribution >= 0.6 is 0 Å². The Bertz CT molecular complexity index is 722. The highest BCUT2D eigenvalue weighted by Gasteiger charge is 2.26. The summed E-state index contributed by atoms with van der Waals surface area (Å²) in [6.07, 6.45) is 5.93. The average Bonchev–Trinajstić information content (AvgIpc) is 3.26. The Morgan fingerprint density at radius 3 is 2.41 bits per heavy atom. The van der Waals surface area contributed by atoms with E-state index >= 15 is 0 Å². The van der Waals surface area contributed by atoms with Crippen molar-refractivity contribution < 1.29 is 9.59 Å². The van der Waals surface area contributed by atoms with Gasteiger partial charge >= 0.3 is 0 Å². The molecule has 1 atom stereocenters. The molecule has 1 aromatic heterocycles. The molecule has 2 aliphatic heterocycles. The van der Waals surface area contributed by atoms with Gasteiger partial charge in [0.2, 0.25) is 5.91 Å². The van der Waals surface area contributed by atoms with E-state index in [9.17, 15) is 9.59 Å². The molecule has 0 aromatic carbocycles. The minimum atomic E-state index is -0.134. The molecule has 7 heteroatoms. The predicted octanol–water partition coefficient (Wildman–Crippen LogP) is 2.34. The standard InChI is InChI=1S/C22H35N5O2/c1-16(26-12-4-5-13-26)6-9-20(28)27-14-10-17(11-15-27)19-8-7-18(21(23)24-19)22(29)25(2)3/h7-8,16-17H,4-6,9-15H2,1-3H3,(H2,23,24)/t16-/m0/s1. The largest absolute Gasteiger partial charge is 0.383 e. The van der Waals surface area contributed by atoms with Gasteiger partial charge in [0.1, 0.15) is 5.82 Å². The van der Waals surface area contributed by atoms with Gasteiger partial charge in [-0.15, -0.1) is 0 Å². The number of piperidine rings is 1. The molecule has 0 aliphatic carbocycles. The Morgan fingerprint density at radius 1 is 1.17 bits per heavy atom. The molecule has 0 bridgehead atoms. The van der Waals surface area contributed by atoms with Gasteiger partial charge in [-0.05, 0) is 64.3 Å². The lowest BCUT2D eigenvalue weighted by molar-refractivity contribution is -0.132. The minimum absolute atomic E-state index is 0.134. The Labute approximate surface area is 174 Å². The molecule has 0 spiro atoms. The molecular weight excluding hydrogens is 366 g/mol. The molecule has 3 heterocycles. The number of hydrogen-bond donors (Lipinski definition) is 1. The summed E-state index contributed by atoms with van der Waals surface area (Å²) in [5.41, 5.74) is 7.40. The zero-order valence-corrected chi connectivity index (χ0v) is 18.1. The van der Waals surface area contributed by atoms with Crippen LogP contribution in [0.5, 0.6) is 0 Å². The number of nitrogens with two attached hydrogens (primary N) is 1. The third-order valence-electron chi connectivity index (χ3n) is 6.39. The summed E-state index contributed by atoms with van der Waals surface area (Å²) in [4.78, 5) is 35.2. The van der Waals surface area contributed by atoms with Gasteiger partial charge < -0.3 is 20.4 Å². The summed E-state index contributed by atoms with van der Waals surface area (Å²) in [6, 6.07) is 4.18. The third kappa shape index (κ3) is 5.26. The maximum Gasteiger partial charge on any atom is 0.257 e. The van der Waals surface area contributed by atoms with E-state index in [-0.39, 0.29) is 23.6 Å². The maximum absolute atomic E-state index is 12.6. The first-order valence-corrected chi connectivity index (χ1v) is 10.9. The lowest BCUT2D eigenvalue weighted by Gasteiger charge is -2.32. The quantitative estimate of drug-likeness (QED) is 0.791. The van der Waals surface area contributed by atoms with Crippen molar-refractivity contribution >= 4 is 17.6 Å². The van der Waals surface area contributed by atoms with E-state index in [4.69, 9.17) is 5.73 Å². The molecule has 0 saturated carbocycles. The van der Waals surface area contributed by atoms with E-state index < -0.39 is 0 Å². The van der Waals surface area contributed by atoms with Crippen LogP contribution in [0.15, 0.2) is 12.1 Å². The topological polar surface area (TPSA) is 82.8 Å². The minimum Gasteiger partial charge on any atom is -0.383 e. The fraction of sp³-hybridized carbons (Fsp3) is 0.682. The molecule has 2 aliphatic rings. The van der Waals surface area contributed by atoms with Gasteiger partial charge in [-0.25, -0.2) is 4.98 Å². The zero-order valence-electron chi connectivity index (χ0n) is 18.1. The molecule has 2 fully saturated rings. The summed E-state index contributed by atoms with van der Waals surface area (Å²) in [5, 5.41) is 0. The van der Waals surface area contributed by atoms with Crippen LogP contribution in [0.25, 0.3) is 0 Å². The van der Waals surface area contributed by atoms with Gasteiger partial charge in [-0.2, -0.15) is 0 Å². The first-order chi connectivity index (χ1) is 13.9. The molecule has 2 saturated heterocycles. The maximum atomic E-state index is 12.6. The van der Waals surface area contributed by atoms with E-state index in [1.165, 1.54) is 30.8 Å². The Morgan fingerprint density at radius 2 is 1.83 bits per heavy atom. The number of hydrogen-bond acceptors (Lipinski definition) is 5. The van der Waals surface area contributed by atoms with E-state index in [0.29, 0.717) is 18.0 Å². The van der Waals surface area contributed by atoms with Gasteiger partial charge in [0.05, 0.1) is 5.56 Å². The molecule has 2 N–H and O–H groups in total. The molecule has 1 aromatic rings. The number of anilines is 1. The van der Waals surface area contributed by atoms with Crippen LogP contribution in [0.3, 0.4) is 0 Å². The second-order valence-electron chi connectivity index (χ2n) is 8.65. The summed E-state index contributed by atoms with van der Waals surface area (Å²) in [7, 11) is 3.41. The number of carbonyl (C=O) groups excluding carboxylic acids is 2. The highest BCUT2D eigenvalue weighted by Crippen LogP contribution is 2.28. The average molecular weight is 402 g/mol. The highest BCUT2D eigenvalue weighted by molar-refractivity contribution is 5.98. The number of likely N-dealkylation sites (tertiary alicyclic amines) is 2. The van der Waals surface area contributed by atoms with Gasteiger partial charge in [0.15, 0.2) is 0 Å². The highest BCUT2D eigenvalue weighted by atomic mass is 16.2. The Hall–Kier alpha value is -2.15. The fourth-order valence-electron chi connectivity index (χ4n) is 4.42. The van der Waals surface area contributed by atoms with Gasteiger partial charge in [-0.3, -0.25) is 9.59 Å². The summed E-state index contributed by atoms with van der Waals surface area (Å²) >= 11 is 0. The van der Waals surface area contributed by atoms with Crippen LogP contribution in [0.2, 0.25) is 0 Å². The van der Waals surface area contributed by atoms with Crippen molar-refractivity contribution in [3.05, 3.63) is 23.4 Å². The van der Waals surface area contributed by atoms with Crippen molar-refractivity contribution in [2.45, 2.75) is 57.4 Å². The number of carbonyl (C=O) groups is 2. The lowest BCUT2D eigenvalue weighted by Crippen LogP contribution is -2.39. The number of nitrogen functional groups attached to an aromatic ring is 1. The summed E-state index contributed by atoms with van der Waals surface area (Å²) in [5.74, 6) is 0.711. The van der Waals surface area contributed by atoms with Crippen LogP contribution in [0.4, 0.5) is 5.82 Å². The first-order valence-electron chi connectivity index (χ1n) is 10.9. The van der Waals surface area contributed by atoms with E-state index in [1.54, 1.807) is 20.2 Å². The number of pyridine rings is 1. The van der Waals surface area contributed by atoms with Crippen LogP contribution in [0.1, 0.15) is 67.4 Å². The third-order valence-corrected chi connectivity index (χ3v) is 6.39. The first kappa shape index (κ1) is 21.6. The van der Waals surface area contributed by atoms with Crippen molar-refractivity contribution in [2.75, 3.05) is 46.0 Å². The predicted molar refractivity (Wildman–Crippen MR) is 115 cm³/mol. The fourth-order valence-corrected chi connectivity index (χ4v) is 4.42. The molecule has 2 amide bonds. The van der Waals surface area contributed by atoms with Crippen molar-refractivity contribution in [3.63, 3.8) is 0 Å². The van der Waals surface area contributed by atoms with E-state index in [0.717, 1.165) is 38.0 Å². The van der Waals surface area contributed by atoms with Gasteiger partial charge in [0.25, 0.3) is 5.91 Å². The van der Waals surface area contributed by atoms with Crippen LogP contribution in [-0.2, 0) is 4.79 Å². The Kier molecular flexibility index (Phi) is 7.11. The van der Waals surface area contributed by atoms with Gasteiger partial charge in [0, 0.05) is 51.3 Å². The SMILES string of the molecule is C[C@@H](CCC(=O)N1CCC(c2ccc(C(=O)N(C)C)c(N)n2)CC1)N1CCCC1. The number of amides is 2. The summed E-state index contributed by atoms with van der Waals surface area (Å²) in [6.45, 7) is 6.13. The van der Waals surface area contributed by atoms with E-state index in [2.05, 4.69) is 16.8 Å². The molecule has 160 valence electrons. The molecular formula is C22H35N5O2. The molecule has 0 unspecified atom stereocenters. The second kappa shape index (κ2) is 9.57. The van der Waals surface area contributed by atoms with Gasteiger partial charge in [-0.1, -0.05) is 0 Å². The summed E-state index contributed by atoms with van der Waals surface area (Å²) < 4.78 is 0. The monoisotopic (exact) mass is 401 g/mol. The molecule has 29 heavy (non-hydrogen) atoms. The molecule has 0 radical (unpaired) electrons. The van der Waals surface area contributed by atoms with Crippen molar-refractivity contribution in [2.24, 2.45) is 0 Å². The van der Waals surface area contributed by atoms with Crippen LogP contribution in [-0.4, -0.2) is 77.8 Å². The van der Waals surface area contributed by atoms with Crippen LogP contribution < -0.4 is 5.73 Å². The van der Waals surface area contributed by atoms with Crippen molar-refractivity contribution in [3.8, 4) is 0 Å². The lowest BCUT2D eigenvalue weighted by atomic mass is 9.92. The molecule has 3 rings (SSSR count). The molecule has 7 nitrogen and oxygen atoms in total. The van der Waals surface area contributed by atoms with E-state index in [1.807, 2.05) is 11.0 Å². The zero-order chi connectivity index (χ0) is 21.0. The number of rotatable bonds is 6. The van der Waals surface area contributed by atoms with Crippen molar-refractivity contribution in [1.29, 1.82) is 0 Å². The Balaban J connectivity index is 1.49. The number of aromatic nitrogens is 1. The van der Waals surface area contributed by atoms with Crippen LogP contribution in [0, 0.1) is 0 Å².